The van der Waals surface area contributed by atoms with Crippen molar-refractivity contribution in [2.45, 2.75) is 19.4 Å². The van der Waals surface area contributed by atoms with Crippen molar-refractivity contribution < 1.29 is 28.9 Å². The number of aliphatic hydroxyl groups is 1. The minimum Gasteiger partial charge on any atom is -0.498 e. The molecule has 2 aromatic rings. The number of halogens is 1. The number of carbonyl (C=O) groups is 2. The molecule has 0 saturated carbocycles. The SMILES string of the molecule is CO/C(C)=C(/COC(=O)C(O)Cc1ccc(-c2cccc(Cl)c2)cc1)OCC=O. The lowest BCUT2D eigenvalue weighted by Gasteiger charge is -2.14. The highest BCUT2D eigenvalue weighted by atomic mass is 35.5. The zero-order chi connectivity index (χ0) is 21.2. The van der Waals surface area contributed by atoms with Crippen molar-refractivity contribution in [1.29, 1.82) is 0 Å². The van der Waals surface area contributed by atoms with E-state index in [1.54, 1.807) is 13.0 Å². The lowest BCUT2D eigenvalue weighted by atomic mass is 10.0. The van der Waals surface area contributed by atoms with Crippen molar-refractivity contribution in [3.63, 3.8) is 0 Å². The van der Waals surface area contributed by atoms with E-state index in [9.17, 15) is 14.7 Å². The molecule has 0 aliphatic carbocycles. The van der Waals surface area contributed by atoms with Gasteiger partial charge in [-0.1, -0.05) is 48.0 Å². The number of esters is 1. The van der Waals surface area contributed by atoms with Crippen molar-refractivity contribution in [2.24, 2.45) is 0 Å². The van der Waals surface area contributed by atoms with Crippen molar-refractivity contribution in [1.82, 2.24) is 0 Å². The van der Waals surface area contributed by atoms with E-state index in [4.69, 9.17) is 25.8 Å². The zero-order valence-electron chi connectivity index (χ0n) is 16.3. The molecule has 0 fully saturated rings. The van der Waals surface area contributed by atoms with Gasteiger partial charge in [-0.05, 0) is 35.7 Å². The van der Waals surface area contributed by atoms with Gasteiger partial charge in [-0.2, -0.15) is 0 Å². The van der Waals surface area contributed by atoms with Crippen LogP contribution in [0.5, 0.6) is 0 Å². The summed E-state index contributed by atoms with van der Waals surface area (Å²) in [7, 11) is 1.43. The van der Waals surface area contributed by atoms with Gasteiger partial charge in [-0.15, -0.1) is 0 Å². The van der Waals surface area contributed by atoms with E-state index in [-0.39, 0.29) is 25.4 Å². The van der Waals surface area contributed by atoms with Crippen molar-refractivity contribution >= 4 is 23.9 Å². The van der Waals surface area contributed by atoms with E-state index in [2.05, 4.69) is 0 Å². The minimum absolute atomic E-state index is 0.103. The summed E-state index contributed by atoms with van der Waals surface area (Å²) in [5.74, 6) is -0.197. The molecule has 1 unspecified atom stereocenters. The molecule has 0 aliphatic heterocycles. The fourth-order valence-electron chi connectivity index (χ4n) is 2.53. The zero-order valence-corrected chi connectivity index (χ0v) is 17.0. The van der Waals surface area contributed by atoms with Crippen LogP contribution in [-0.4, -0.2) is 43.8 Å². The Bertz CT molecular complexity index is 860. The molecule has 0 radical (unpaired) electrons. The second-order valence-electron chi connectivity index (χ2n) is 6.20. The van der Waals surface area contributed by atoms with Gasteiger partial charge in [-0.25, -0.2) is 4.79 Å². The predicted molar refractivity (Wildman–Crippen MR) is 109 cm³/mol. The van der Waals surface area contributed by atoms with E-state index in [0.717, 1.165) is 16.7 Å². The number of hydrogen-bond donors (Lipinski definition) is 1. The normalized spacial score (nSPS) is 12.6. The van der Waals surface area contributed by atoms with Crippen LogP contribution in [0.3, 0.4) is 0 Å². The highest BCUT2D eigenvalue weighted by molar-refractivity contribution is 6.30. The van der Waals surface area contributed by atoms with Crippen LogP contribution in [0.2, 0.25) is 5.02 Å². The van der Waals surface area contributed by atoms with E-state index >= 15 is 0 Å². The minimum atomic E-state index is -1.33. The molecule has 0 saturated heterocycles. The standard InChI is InChI=1S/C22H23ClO6/c1-15(27-2)21(28-11-10-24)14-29-22(26)20(25)12-16-6-8-17(9-7-16)18-4-3-5-19(23)13-18/h3-10,13,20,25H,11-12,14H2,1-2H3/b21-15-. The number of hydrogen-bond acceptors (Lipinski definition) is 6. The van der Waals surface area contributed by atoms with Gasteiger partial charge in [0.2, 0.25) is 0 Å². The average molecular weight is 419 g/mol. The van der Waals surface area contributed by atoms with Crippen LogP contribution in [-0.2, 0) is 30.2 Å². The smallest absolute Gasteiger partial charge is 0.335 e. The molecule has 1 atom stereocenters. The molecular weight excluding hydrogens is 396 g/mol. The van der Waals surface area contributed by atoms with Crippen LogP contribution in [0.4, 0.5) is 0 Å². The molecule has 0 spiro atoms. The van der Waals surface area contributed by atoms with Gasteiger partial charge in [0.1, 0.15) is 12.4 Å². The molecule has 154 valence electrons. The number of allylic oxidation sites excluding steroid dienone is 1. The Hall–Kier alpha value is -2.83. The van der Waals surface area contributed by atoms with Crippen molar-refractivity contribution in [3.8, 4) is 11.1 Å². The number of methoxy groups -OCH3 is 1. The number of rotatable bonds is 10. The van der Waals surface area contributed by atoms with Crippen molar-refractivity contribution in [2.75, 3.05) is 20.3 Å². The summed E-state index contributed by atoms with van der Waals surface area (Å²) < 4.78 is 15.3. The Morgan fingerprint density at radius 3 is 2.48 bits per heavy atom. The van der Waals surface area contributed by atoms with Gasteiger partial charge in [0.05, 0.1) is 7.11 Å². The van der Waals surface area contributed by atoms with Gasteiger partial charge in [0.25, 0.3) is 0 Å². The van der Waals surface area contributed by atoms with Crippen molar-refractivity contribution in [3.05, 3.63) is 70.6 Å². The average Bonchev–Trinajstić information content (AvgIpc) is 2.73. The van der Waals surface area contributed by atoms with Gasteiger partial charge in [0, 0.05) is 11.4 Å². The van der Waals surface area contributed by atoms with E-state index in [0.29, 0.717) is 17.1 Å². The first-order valence-electron chi connectivity index (χ1n) is 8.94. The van der Waals surface area contributed by atoms with Crippen LogP contribution in [0.15, 0.2) is 60.0 Å². The highest BCUT2D eigenvalue weighted by Gasteiger charge is 2.19. The van der Waals surface area contributed by atoms with Gasteiger partial charge in [-0.3, -0.25) is 4.79 Å². The van der Waals surface area contributed by atoms with Crippen LogP contribution in [0.1, 0.15) is 12.5 Å². The molecule has 0 aliphatic rings. The first-order chi connectivity index (χ1) is 13.9. The summed E-state index contributed by atoms with van der Waals surface area (Å²) in [6.07, 6.45) is -0.652. The summed E-state index contributed by atoms with van der Waals surface area (Å²) in [6.45, 7) is 1.19. The molecule has 2 aromatic carbocycles. The molecule has 1 N–H and O–H groups in total. The Morgan fingerprint density at radius 2 is 1.86 bits per heavy atom. The monoisotopic (exact) mass is 418 g/mol. The largest absolute Gasteiger partial charge is 0.498 e. The quantitative estimate of drug-likeness (QED) is 0.361. The number of carbonyl (C=O) groups excluding carboxylic acids is 2. The summed E-state index contributed by atoms with van der Waals surface area (Å²) in [5.41, 5.74) is 2.74. The molecule has 6 nitrogen and oxygen atoms in total. The number of benzene rings is 2. The fourth-order valence-corrected chi connectivity index (χ4v) is 2.72. The molecule has 2 rings (SSSR count). The molecule has 0 heterocycles. The van der Waals surface area contributed by atoms with Crippen LogP contribution < -0.4 is 0 Å². The molecule has 0 aromatic heterocycles. The third kappa shape index (κ3) is 6.93. The third-order valence-corrected chi connectivity index (χ3v) is 4.42. The first-order valence-corrected chi connectivity index (χ1v) is 9.32. The van der Waals surface area contributed by atoms with Crippen LogP contribution >= 0.6 is 11.6 Å². The second-order valence-corrected chi connectivity index (χ2v) is 6.63. The summed E-state index contributed by atoms with van der Waals surface area (Å²) in [6, 6.07) is 15.0. The summed E-state index contributed by atoms with van der Waals surface area (Å²) in [5, 5.41) is 10.8. The summed E-state index contributed by atoms with van der Waals surface area (Å²) >= 11 is 6.02. The predicted octanol–water partition coefficient (Wildman–Crippen LogP) is 3.55. The molecular formula is C22H23ClO6. The van der Waals surface area contributed by atoms with Crippen LogP contribution in [0.25, 0.3) is 11.1 Å². The van der Waals surface area contributed by atoms with Gasteiger partial charge < -0.3 is 19.3 Å². The van der Waals surface area contributed by atoms with Gasteiger partial charge >= 0.3 is 5.97 Å². The lowest BCUT2D eigenvalue weighted by Crippen LogP contribution is -2.26. The highest BCUT2D eigenvalue weighted by Crippen LogP contribution is 2.23. The third-order valence-electron chi connectivity index (χ3n) is 4.18. The van der Waals surface area contributed by atoms with E-state index in [1.165, 1.54) is 7.11 Å². The number of aldehydes is 1. The maximum atomic E-state index is 12.1. The summed E-state index contributed by atoms with van der Waals surface area (Å²) in [4.78, 5) is 22.5. The Kier molecular flexibility index (Phi) is 8.70. The maximum Gasteiger partial charge on any atom is 0.335 e. The molecule has 0 bridgehead atoms. The van der Waals surface area contributed by atoms with E-state index in [1.807, 2.05) is 42.5 Å². The lowest BCUT2D eigenvalue weighted by molar-refractivity contribution is -0.153. The maximum absolute atomic E-state index is 12.1. The Balaban J connectivity index is 1.94. The molecule has 29 heavy (non-hydrogen) atoms. The second kappa shape index (κ2) is 11.2. The Labute approximate surface area is 174 Å². The number of ether oxygens (including phenoxy) is 3. The Morgan fingerprint density at radius 1 is 1.14 bits per heavy atom. The first kappa shape index (κ1) is 22.5. The molecule has 7 heteroatoms. The fraction of sp³-hybridized carbons (Fsp3) is 0.273. The van der Waals surface area contributed by atoms with Gasteiger partial charge in [0.15, 0.2) is 24.8 Å². The van der Waals surface area contributed by atoms with Crippen LogP contribution in [0, 0.1) is 0 Å². The number of aliphatic hydroxyl groups excluding tert-OH is 1. The molecule has 0 amide bonds. The topological polar surface area (TPSA) is 82.1 Å². The van der Waals surface area contributed by atoms with E-state index < -0.39 is 12.1 Å².